The van der Waals surface area contributed by atoms with Gasteiger partial charge < -0.3 is 25.0 Å². The molecular weight excluding hydrogens is 548 g/mol. The van der Waals surface area contributed by atoms with Crippen LogP contribution in [0.4, 0.5) is 0 Å². The van der Waals surface area contributed by atoms with Crippen LogP contribution >= 0.6 is 0 Å². The summed E-state index contributed by atoms with van der Waals surface area (Å²) in [6.45, 7) is 2.80. The predicted octanol–water partition coefficient (Wildman–Crippen LogP) is 2.89. The minimum absolute atomic E-state index is 0.131. The average Bonchev–Trinajstić information content (AvgIpc) is 3.37. The SMILES string of the molecule is Cc1cc(C(=O)N2CC[C@@H]3Oc4ccc(cc4)CNC(=O)COc4cccc(c4)-c4cncc(c4)C(=O)N[C@@H]3C2)nn1C. The molecule has 2 N–H and O–H groups in total. The number of carbonyl (C=O) groups excluding carboxylic acids is 3. The van der Waals surface area contributed by atoms with Crippen molar-refractivity contribution in [3.8, 4) is 22.6 Å². The molecule has 0 unspecified atom stereocenters. The number of piperidine rings is 1. The molecule has 0 saturated carbocycles. The third-order valence-electron chi connectivity index (χ3n) is 7.72. The minimum atomic E-state index is -0.500. The number of likely N-dealkylation sites (tertiary alicyclic amines) is 1. The maximum absolute atomic E-state index is 13.6. The summed E-state index contributed by atoms with van der Waals surface area (Å²) < 4.78 is 13.8. The number of nitrogens with one attached hydrogen (secondary N) is 2. The van der Waals surface area contributed by atoms with Gasteiger partial charge in [0.15, 0.2) is 12.3 Å². The van der Waals surface area contributed by atoms with E-state index in [0.29, 0.717) is 42.3 Å². The second-order valence-electron chi connectivity index (χ2n) is 10.8. The zero-order chi connectivity index (χ0) is 29.9. The number of rotatable bonds is 1. The second-order valence-corrected chi connectivity index (χ2v) is 10.8. The molecule has 0 spiro atoms. The Labute approximate surface area is 248 Å². The second kappa shape index (κ2) is 12.0. The lowest BCUT2D eigenvalue weighted by atomic mass is 10.00. The van der Waals surface area contributed by atoms with Gasteiger partial charge >= 0.3 is 0 Å². The smallest absolute Gasteiger partial charge is 0.274 e. The fourth-order valence-electron chi connectivity index (χ4n) is 5.22. The summed E-state index contributed by atoms with van der Waals surface area (Å²) in [5.41, 5.74) is 4.02. The van der Waals surface area contributed by atoms with Crippen LogP contribution in [0.2, 0.25) is 0 Å². The molecule has 0 aliphatic carbocycles. The van der Waals surface area contributed by atoms with Gasteiger partial charge in [-0.2, -0.15) is 5.10 Å². The summed E-state index contributed by atoms with van der Waals surface area (Å²) in [7, 11) is 1.80. The molecule has 6 bridgehead atoms. The van der Waals surface area contributed by atoms with Crippen LogP contribution in [0, 0.1) is 6.92 Å². The van der Waals surface area contributed by atoms with Gasteiger partial charge in [-0.3, -0.25) is 24.0 Å². The molecule has 3 amide bonds. The van der Waals surface area contributed by atoms with Crippen LogP contribution in [0.3, 0.4) is 0 Å². The Balaban J connectivity index is 1.31. The molecule has 7 rings (SSSR count). The van der Waals surface area contributed by atoms with Gasteiger partial charge in [0.05, 0.1) is 11.6 Å². The van der Waals surface area contributed by atoms with Crippen LogP contribution in [-0.2, 0) is 18.4 Å². The molecule has 2 aromatic carbocycles. The Morgan fingerprint density at radius 2 is 1.79 bits per heavy atom. The molecule has 0 radical (unpaired) electrons. The summed E-state index contributed by atoms with van der Waals surface area (Å²) >= 11 is 0. The summed E-state index contributed by atoms with van der Waals surface area (Å²) in [5, 5.41) is 10.3. The highest BCUT2D eigenvalue weighted by atomic mass is 16.5. The van der Waals surface area contributed by atoms with E-state index >= 15 is 0 Å². The van der Waals surface area contributed by atoms with E-state index in [2.05, 4.69) is 20.7 Å². The fraction of sp³-hybridized carbons (Fsp3) is 0.281. The van der Waals surface area contributed by atoms with E-state index < -0.39 is 6.04 Å². The first-order valence-electron chi connectivity index (χ1n) is 14.1. The highest BCUT2D eigenvalue weighted by Gasteiger charge is 2.35. The zero-order valence-corrected chi connectivity index (χ0v) is 23.9. The van der Waals surface area contributed by atoms with Crippen LogP contribution in [0.15, 0.2) is 73.1 Å². The van der Waals surface area contributed by atoms with E-state index in [1.807, 2.05) is 43.3 Å². The van der Waals surface area contributed by atoms with Crippen LogP contribution in [0.1, 0.15) is 38.5 Å². The molecule has 2 aromatic heterocycles. The van der Waals surface area contributed by atoms with Crippen molar-refractivity contribution >= 4 is 17.7 Å². The van der Waals surface area contributed by atoms with Crippen molar-refractivity contribution in [1.29, 1.82) is 0 Å². The Bertz CT molecular complexity index is 1650. The van der Waals surface area contributed by atoms with Gasteiger partial charge in [0, 0.05) is 56.8 Å². The lowest BCUT2D eigenvalue weighted by Gasteiger charge is -2.38. The minimum Gasteiger partial charge on any atom is -0.488 e. The number of aromatic nitrogens is 3. The summed E-state index contributed by atoms with van der Waals surface area (Å²) in [6.07, 6.45) is 3.29. The molecule has 3 aliphatic rings. The molecule has 11 heteroatoms. The van der Waals surface area contributed by atoms with E-state index in [1.54, 1.807) is 47.1 Å². The summed E-state index contributed by atoms with van der Waals surface area (Å²) in [5.74, 6) is 0.380. The normalized spacial score (nSPS) is 18.9. The molecule has 5 heterocycles. The molecule has 4 aromatic rings. The fourth-order valence-corrected chi connectivity index (χ4v) is 5.22. The van der Waals surface area contributed by atoms with Gasteiger partial charge in [0.2, 0.25) is 0 Å². The number of aryl methyl sites for hydroxylation is 2. The molecule has 2 atom stereocenters. The van der Waals surface area contributed by atoms with E-state index in [1.165, 1.54) is 6.20 Å². The quantitative estimate of drug-likeness (QED) is 0.354. The lowest BCUT2D eigenvalue weighted by molar-refractivity contribution is -0.123. The van der Waals surface area contributed by atoms with Crippen molar-refractivity contribution in [1.82, 2.24) is 30.3 Å². The highest BCUT2D eigenvalue weighted by Crippen LogP contribution is 2.25. The average molecular weight is 581 g/mol. The maximum Gasteiger partial charge on any atom is 0.274 e. The van der Waals surface area contributed by atoms with Crippen molar-refractivity contribution < 1.29 is 23.9 Å². The monoisotopic (exact) mass is 580 g/mol. The van der Waals surface area contributed by atoms with E-state index in [0.717, 1.165) is 22.4 Å². The molecule has 3 aliphatic heterocycles. The number of benzene rings is 2. The maximum atomic E-state index is 13.6. The molecular formula is C32H32N6O5. The first-order valence-corrected chi connectivity index (χ1v) is 14.1. The van der Waals surface area contributed by atoms with Crippen LogP contribution < -0.4 is 20.1 Å². The molecule has 1 saturated heterocycles. The number of ether oxygens (including phenoxy) is 2. The number of fused-ring (bicyclic) bond motifs is 7. The number of pyridine rings is 1. The lowest BCUT2D eigenvalue weighted by Crippen LogP contribution is -2.58. The first-order chi connectivity index (χ1) is 20.8. The van der Waals surface area contributed by atoms with Crippen molar-refractivity contribution in [3.05, 3.63) is 95.6 Å². The standard InChI is InChI=1S/C32H32N6O5/c1-20-12-27(36-37(20)2)32(41)38-11-10-29-28(18-38)35-31(40)24-13-23(16-33-17-24)22-4-3-5-26(14-22)42-19-30(39)34-15-21-6-8-25(43-29)9-7-21/h3-9,12-14,16-17,28-29H,10-11,15,18-19H2,1-2H3,(H,34,39)(H,35,40)/t28-,29+/m1/s1. The Kier molecular flexibility index (Phi) is 7.78. The number of carbonyl (C=O) groups is 3. The third-order valence-corrected chi connectivity index (χ3v) is 7.72. The third kappa shape index (κ3) is 6.35. The predicted molar refractivity (Wildman–Crippen MR) is 158 cm³/mol. The van der Waals surface area contributed by atoms with Crippen molar-refractivity contribution in [3.63, 3.8) is 0 Å². The van der Waals surface area contributed by atoms with Crippen LogP contribution in [0.5, 0.6) is 11.5 Å². The van der Waals surface area contributed by atoms with Gasteiger partial charge in [-0.05, 0) is 54.4 Å². The van der Waals surface area contributed by atoms with Crippen molar-refractivity contribution in [2.75, 3.05) is 19.7 Å². The Morgan fingerprint density at radius 1 is 0.977 bits per heavy atom. The number of nitrogens with zero attached hydrogens (tertiary/aromatic N) is 4. The van der Waals surface area contributed by atoms with Gasteiger partial charge in [-0.1, -0.05) is 24.3 Å². The van der Waals surface area contributed by atoms with Crippen molar-refractivity contribution in [2.24, 2.45) is 7.05 Å². The largest absolute Gasteiger partial charge is 0.488 e. The van der Waals surface area contributed by atoms with Gasteiger partial charge in [-0.25, -0.2) is 0 Å². The number of hydrogen-bond donors (Lipinski definition) is 2. The van der Waals surface area contributed by atoms with Gasteiger partial charge in [-0.15, -0.1) is 0 Å². The number of hydrogen-bond acceptors (Lipinski definition) is 7. The number of amides is 3. The van der Waals surface area contributed by atoms with Crippen LogP contribution in [-0.4, -0.2) is 69.2 Å². The Morgan fingerprint density at radius 3 is 2.58 bits per heavy atom. The molecule has 11 nitrogen and oxygen atoms in total. The van der Waals surface area contributed by atoms with E-state index in [-0.39, 0.29) is 37.0 Å². The van der Waals surface area contributed by atoms with Gasteiger partial charge in [0.25, 0.3) is 17.7 Å². The highest BCUT2D eigenvalue weighted by molar-refractivity contribution is 5.96. The molecule has 220 valence electrons. The van der Waals surface area contributed by atoms with Crippen molar-refractivity contribution in [2.45, 2.75) is 32.0 Å². The van der Waals surface area contributed by atoms with Crippen LogP contribution in [0.25, 0.3) is 11.1 Å². The Hall–Kier alpha value is -5.19. The van der Waals surface area contributed by atoms with Gasteiger partial charge in [0.1, 0.15) is 17.6 Å². The molecule has 43 heavy (non-hydrogen) atoms. The molecule has 1 fully saturated rings. The summed E-state index contributed by atoms with van der Waals surface area (Å²) in [6, 6.07) is 17.7. The summed E-state index contributed by atoms with van der Waals surface area (Å²) in [4.78, 5) is 45.4. The van der Waals surface area contributed by atoms with E-state index in [4.69, 9.17) is 9.47 Å². The topological polar surface area (TPSA) is 128 Å². The first kappa shape index (κ1) is 28.0. The zero-order valence-electron chi connectivity index (χ0n) is 23.9. The van der Waals surface area contributed by atoms with E-state index in [9.17, 15) is 14.4 Å².